The van der Waals surface area contributed by atoms with Gasteiger partial charge in [0, 0.05) is 20.2 Å². The smallest absolute Gasteiger partial charge is 0.141 e. The Morgan fingerprint density at radius 3 is 2.68 bits per heavy atom. The number of hydrogen-bond acceptors (Lipinski definition) is 4. The molecule has 1 aromatic carbocycles. The Morgan fingerprint density at radius 1 is 1.27 bits per heavy atom. The van der Waals surface area contributed by atoms with Gasteiger partial charge >= 0.3 is 0 Å². The van der Waals surface area contributed by atoms with E-state index in [1.54, 1.807) is 13.4 Å². The van der Waals surface area contributed by atoms with Crippen molar-refractivity contribution in [2.75, 3.05) is 20.2 Å². The first-order chi connectivity index (χ1) is 10.8. The standard InChI is InChI=1S/C17H24N4O/c1-3-13-4-6-14(7-5-13)8-9-21-11-15(22-2)10-16(21)17-18-12-19-20-17/h4-7,12,15-16H,3,8-11H2,1-2H3,(H,18,19,20)/t15-,16+/m1/s1. The van der Waals surface area contributed by atoms with Gasteiger partial charge in [0.15, 0.2) is 0 Å². The second-order valence-corrected chi connectivity index (χ2v) is 5.89. The van der Waals surface area contributed by atoms with E-state index in [0.717, 1.165) is 38.2 Å². The Hall–Kier alpha value is -1.72. The van der Waals surface area contributed by atoms with Gasteiger partial charge in [-0.05, 0) is 30.4 Å². The number of hydrogen-bond donors (Lipinski definition) is 1. The first kappa shape index (κ1) is 15.2. The Labute approximate surface area is 131 Å². The van der Waals surface area contributed by atoms with Crippen LogP contribution in [0.15, 0.2) is 30.6 Å². The molecule has 5 nitrogen and oxygen atoms in total. The lowest BCUT2D eigenvalue weighted by molar-refractivity contribution is 0.108. The predicted octanol–water partition coefficient (Wildman–Crippen LogP) is 2.37. The average molecular weight is 300 g/mol. The topological polar surface area (TPSA) is 54.0 Å². The number of rotatable bonds is 6. The van der Waals surface area contributed by atoms with E-state index < -0.39 is 0 Å². The summed E-state index contributed by atoms with van der Waals surface area (Å²) in [6.07, 6.45) is 4.97. The van der Waals surface area contributed by atoms with Crippen LogP contribution in [0.1, 0.15) is 36.3 Å². The van der Waals surface area contributed by atoms with E-state index >= 15 is 0 Å². The summed E-state index contributed by atoms with van der Waals surface area (Å²) < 4.78 is 5.55. The molecule has 2 heterocycles. The number of aryl methyl sites for hydroxylation is 1. The molecule has 1 aliphatic rings. The molecule has 0 bridgehead atoms. The van der Waals surface area contributed by atoms with Gasteiger partial charge in [0.2, 0.25) is 0 Å². The highest BCUT2D eigenvalue weighted by Gasteiger charge is 2.34. The molecule has 0 saturated carbocycles. The normalized spacial score (nSPS) is 22.3. The van der Waals surface area contributed by atoms with Crippen LogP contribution in [-0.4, -0.2) is 46.4 Å². The fourth-order valence-electron chi connectivity index (χ4n) is 3.15. The Morgan fingerprint density at radius 2 is 2.05 bits per heavy atom. The zero-order valence-electron chi connectivity index (χ0n) is 13.3. The second-order valence-electron chi connectivity index (χ2n) is 5.89. The van der Waals surface area contributed by atoms with E-state index in [1.807, 2.05) is 0 Å². The Bertz CT molecular complexity index is 567. The number of benzene rings is 1. The van der Waals surface area contributed by atoms with E-state index in [9.17, 15) is 0 Å². The number of likely N-dealkylation sites (tertiary alicyclic amines) is 1. The minimum atomic E-state index is 0.276. The van der Waals surface area contributed by atoms with Crippen LogP contribution in [0.3, 0.4) is 0 Å². The van der Waals surface area contributed by atoms with E-state index in [-0.39, 0.29) is 12.1 Å². The number of aromatic amines is 1. The van der Waals surface area contributed by atoms with Gasteiger partial charge in [-0.25, -0.2) is 4.98 Å². The van der Waals surface area contributed by atoms with Gasteiger partial charge in [-0.15, -0.1) is 0 Å². The van der Waals surface area contributed by atoms with Crippen LogP contribution >= 0.6 is 0 Å². The Balaban J connectivity index is 1.64. The lowest BCUT2D eigenvalue weighted by Gasteiger charge is -2.22. The SMILES string of the molecule is CCc1ccc(CCN2C[C@H](OC)C[C@H]2c2ncn[nH]2)cc1. The fraction of sp³-hybridized carbons (Fsp3) is 0.529. The van der Waals surface area contributed by atoms with Crippen molar-refractivity contribution in [3.05, 3.63) is 47.5 Å². The van der Waals surface area contributed by atoms with Crippen molar-refractivity contribution in [2.45, 2.75) is 38.3 Å². The summed E-state index contributed by atoms with van der Waals surface area (Å²) in [6, 6.07) is 9.22. The van der Waals surface area contributed by atoms with Gasteiger partial charge in [0.25, 0.3) is 0 Å². The lowest BCUT2D eigenvalue weighted by atomic mass is 10.1. The monoisotopic (exact) mass is 300 g/mol. The first-order valence-electron chi connectivity index (χ1n) is 8.00. The Kier molecular flexibility index (Phi) is 4.85. The van der Waals surface area contributed by atoms with Crippen LogP contribution in [-0.2, 0) is 17.6 Å². The maximum atomic E-state index is 5.55. The molecule has 1 N–H and O–H groups in total. The van der Waals surface area contributed by atoms with E-state index in [0.29, 0.717) is 0 Å². The molecule has 1 aromatic heterocycles. The van der Waals surface area contributed by atoms with Crippen LogP contribution in [0.4, 0.5) is 0 Å². The van der Waals surface area contributed by atoms with Crippen LogP contribution in [0, 0.1) is 0 Å². The van der Waals surface area contributed by atoms with E-state index in [1.165, 1.54) is 11.1 Å². The molecule has 1 saturated heterocycles. The molecule has 2 atom stereocenters. The molecular weight excluding hydrogens is 276 g/mol. The molecule has 1 fully saturated rings. The number of ether oxygens (including phenoxy) is 1. The van der Waals surface area contributed by atoms with Crippen molar-refractivity contribution in [2.24, 2.45) is 0 Å². The van der Waals surface area contributed by atoms with Crippen molar-refractivity contribution in [1.82, 2.24) is 20.1 Å². The summed E-state index contributed by atoms with van der Waals surface area (Å²) in [5.74, 6) is 0.945. The summed E-state index contributed by atoms with van der Waals surface area (Å²) in [5.41, 5.74) is 2.78. The molecule has 0 aliphatic carbocycles. The molecule has 0 amide bonds. The van der Waals surface area contributed by atoms with Crippen molar-refractivity contribution < 1.29 is 4.74 Å². The lowest BCUT2D eigenvalue weighted by Crippen LogP contribution is -2.28. The van der Waals surface area contributed by atoms with Gasteiger partial charge in [0.05, 0.1) is 12.1 Å². The molecule has 118 valence electrons. The zero-order chi connectivity index (χ0) is 15.4. The highest BCUT2D eigenvalue weighted by Crippen LogP contribution is 2.31. The maximum absolute atomic E-state index is 5.55. The van der Waals surface area contributed by atoms with Crippen molar-refractivity contribution in [1.29, 1.82) is 0 Å². The summed E-state index contributed by atoms with van der Waals surface area (Å²) >= 11 is 0. The molecule has 0 radical (unpaired) electrons. The van der Waals surface area contributed by atoms with E-state index in [2.05, 4.69) is 51.3 Å². The van der Waals surface area contributed by atoms with E-state index in [4.69, 9.17) is 4.74 Å². The molecular formula is C17H24N4O. The quantitative estimate of drug-likeness (QED) is 0.890. The molecule has 3 rings (SSSR count). The fourth-order valence-corrected chi connectivity index (χ4v) is 3.15. The summed E-state index contributed by atoms with van der Waals surface area (Å²) in [4.78, 5) is 6.78. The average Bonchev–Trinajstić information content (AvgIpc) is 3.22. The zero-order valence-corrected chi connectivity index (χ0v) is 13.3. The number of nitrogens with one attached hydrogen (secondary N) is 1. The van der Waals surface area contributed by atoms with Gasteiger partial charge in [-0.2, -0.15) is 5.10 Å². The molecule has 0 spiro atoms. The third kappa shape index (κ3) is 3.36. The number of H-pyrrole nitrogens is 1. The minimum Gasteiger partial charge on any atom is -0.380 e. The third-order valence-corrected chi connectivity index (χ3v) is 4.57. The number of methoxy groups -OCH3 is 1. The first-order valence-corrected chi connectivity index (χ1v) is 8.00. The molecule has 5 heteroatoms. The van der Waals surface area contributed by atoms with Gasteiger partial charge in [-0.1, -0.05) is 31.2 Å². The summed E-state index contributed by atoms with van der Waals surface area (Å²) in [7, 11) is 1.79. The molecule has 22 heavy (non-hydrogen) atoms. The maximum Gasteiger partial charge on any atom is 0.141 e. The van der Waals surface area contributed by atoms with Crippen molar-refractivity contribution in [3.63, 3.8) is 0 Å². The van der Waals surface area contributed by atoms with Crippen molar-refractivity contribution >= 4 is 0 Å². The van der Waals surface area contributed by atoms with Crippen molar-refractivity contribution in [3.8, 4) is 0 Å². The van der Waals surface area contributed by atoms with Gasteiger partial charge < -0.3 is 4.74 Å². The molecule has 0 unspecified atom stereocenters. The molecule has 2 aromatic rings. The highest BCUT2D eigenvalue weighted by molar-refractivity contribution is 5.22. The minimum absolute atomic E-state index is 0.276. The second kappa shape index (κ2) is 7.03. The predicted molar refractivity (Wildman–Crippen MR) is 85.6 cm³/mol. The number of aromatic nitrogens is 3. The summed E-state index contributed by atoms with van der Waals surface area (Å²) in [5, 5.41) is 6.99. The highest BCUT2D eigenvalue weighted by atomic mass is 16.5. The van der Waals surface area contributed by atoms with Gasteiger partial charge in [-0.3, -0.25) is 10.00 Å². The number of nitrogens with zero attached hydrogens (tertiary/aromatic N) is 3. The molecule has 1 aliphatic heterocycles. The van der Waals surface area contributed by atoms with Crippen LogP contribution in [0.25, 0.3) is 0 Å². The largest absolute Gasteiger partial charge is 0.380 e. The van der Waals surface area contributed by atoms with Crippen LogP contribution in [0.2, 0.25) is 0 Å². The van der Waals surface area contributed by atoms with Crippen LogP contribution < -0.4 is 0 Å². The third-order valence-electron chi connectivity index (χ3n) is 4.57. The van der Waals surface area contributed by atoms with Gasteiger partial charge in [0.1, 0.15) is 12.2 Å². The van der Waals surface area contributed by atoms with Crippen LogP contribution in [0.5, 0.6) is 0 Å². The summed E-state index contributed by atoms with van der Waals surface area (Å²) in [6.45, 7) is 4.15.